The van der Waals surface area contributed by atoms with Crippen molar-refractivity contribution in [3.63, 3.8) is 0 Å². The van der Waals surface area contributed by atoms with Gasteiger partial charge in [-0.2, -0.15) is 10.2 Å². The molecule has 30 heavy (non-hydrogen) atoms. The standard InChI is InChI=1S/C24H28N6/c1-15-7-8-21(30-25-10-11-26-30)22(18(15)4)29-12-6-9-24(29,5)23-27-19-13-16(2)17(3)14-20(19)28-23/h7-8,10-11,13-14H,6,9,12H2,1-5H3,(H,27,28)/t24-/m0/s1. The number of hydrogen-bond acceptors (Lipinski definition) is 4. The predicted molar refractivity (Wildman–Crippen MR) is 120 cm³/mol. The molecule has 1 aliphatic rings. The number of rotatable bonds is 3. The molecule has 0 aliphatic carbocycles. The normalized spacial score (nSPS) is 19.2. The second-order valence-corrected chi connectivity index (χ2v) is 8.76. The summed E-state index contributed by atoms with van der Waals surface area (Å²) in [6, 6.07) is 8.67. The van der Waals surface area contributed by atoms with Crippen LogP contribution in [0, 0.1) is 27.7 Å². The molecule has 1 atom stereocenters. The van der Waals surface area contributed by atoms with Crippen molar-refractivity contribution >= 4 is 16.7 Å². The summed E-state index contributed by atoms with van der Waals surface area (Å²) >= 11 is 0. The number of aromatic amines is 1. The summed E-state index contributed by atoms with van der Waals surface area (Å²) in [5.41, 5.74) is 9.22. The third kappa shape index (κ3) is 2.74. The number of nitrogens with one attached hydrogen (secondary N) is 1. The molecule has 1 N–H and O–H groups in total. The Morgan fingerprint density at radius 3 is 2.47 bits per heavy atom. The fraction of sp³-hybridized carbons (Fsp3) is 0.375. The van der Waals surface area contributed by atoms with Crippen LogP contribution in [0.1, 0.15) is 47.8 Å². The molecule has 3 heterocycles. The first-order valence-corrected chi connectivity index (χ1v) is 10.6. The summed E-state index contributed by atoms with van der Waals surface area (Å²) < 4.78 is 0. The number of nitrogens with zero attached hydrogens (tertiary/aromatic N) is 5. The van der Waals surface area contributed by atoms with Gasteiger partial charge in [0, 0.05) is 6.54 Å². The van der Waals surface area contributed by atoms with Crippen molar-refractivity contribution in [2.24, 2.45) is 0 Å². The van der Waals surface area contributed by atoms with Gasteiger partial charge >= 0.3 is 0 Å². The van der Waals surface area contributed by atoms with Gasteiger partial charge < -0.3 is 9.88 Å². The number of anilines is 1. The average Bonchev–Trinajstić information content (AvgIpc) is 3.45. The Hall–Kier alpha value is -3.15. The van der Waals surface area contributed by atoms with E-state index in [0.717, 1.165) is 41.9 Å². The largest absolute Gasteiger partial charge is 0.357 e. The second kappa shape index (κ2) is 6.69. The van der Waals surface area contributed by atoms with Crippen LogP contribution in [-0.4, -0.2) is 31.5 Å². The van der Waals surface area contributed by atoms with E-state index in [-0.39, 0.29) is 5.54 Å². The fourth-order valence-electron chi connectivity index (χ4n) is 4.72. The van der Waals surface area contributed by atoms with Crippen LogP contribution in [0.25, 0.3) is 16.7 Å². The molecule has 1 saturated heterocycles. The van der Waals surface area contributed by atoms with E-state index in [2.05, 4.69) is 79.0 Å². The monoisotopic (exact) mass is 400 g/mol. The Balaban J connectivity index is 1.68. The van der Waals surface area contributed by atoms with Gasteiger partial charge in [-0.1, -0.05) is 6.07 Å². The van der Waals surface area contributed by atoms with Crippen LogP contribution >= 0.6 is 0 Å². The minimum atomic E-state index is -0.221. The van der Waals surface area contributed by atoms with E-state index in [1.165, 1.54) is 27.9 Å². The van der Waals surface area contributed by atoms with Gasteiger partial charge in [0.1, 0.15) is 11.5 Å². The fourth-order valence-corrected chi connectivity index (χ4v) is 4.72. The Morgan fingerprint density at radius 1 is 0.967 bits per heavy atom. The van der Waals surface area contributed by atoms with Crippen LogP contribution < -0.4 is 4.90 Å². The summed E-state index contributed by atoms with van der Waals surface area (Å²) in [6.45, 7) is 11.9. The minimum Gasteiger partial charge on any atom is -0.357 e. The smallest absolute Gasteiger partial charge is 0.132 e. The van der Waals surface area contributed by atoms with Crippen LogP contribution in [0.15, 0.2) is 36.7 Å². The van der Waals surface area contributed by atoms with E-state index in [4.69, 9.17) is 4.98 Å². The molecule has 6 heteroatoms. The van der Waals surface area contributed by atoms with E-state index in [1.807, 2.05) is 0 Å². The van der Waals surface area contributed by atoms with E-state index in [9.17, 15) is 0 Å². The molecule has 0 amide bonds. The van der Waals surface area contributed by atoms with Gasteiger partial charge in [0.05, 0.1) is 34.7 Å². The molecule has 0 bridgehead atoms. The van der Waals surface area contributed by atoms with Gasteiger partial charge in [0.15, 0.2) is 0 Å². The number of hydrogen-bond donors (Lipinski definition) is 1. The quantitative estimate of drug-likeness (QED) is 0.532. The summed E-state index contributed by atoms with van der Waals surface area (Å²) in [5, 5.41) is 8.84. The highest BCUT2D eigenvalue weighted by atomic mass is 15.5. The highest BCUT2D eigenvalue weighted by Gasteiger charge is 2.42. The molecule has 6 nitrogen and oxygen atoms in total. The van der Waals surface area contributed by atoms with E-state index >= 15 is 0 Å². The van der Waals surface area contributed by atoms with Crippen LogP contribution in [0.2, 0.25) is 0 Å². The van der Waals surface area contributed by atoms with Crippen molar-refractivity contribution in [1.82, 2.24) is 25.0 Å². The second-order valence-electron chi connectivity index (χ2n) is 8.76. The van der Waals surface area contributed by atoms with Crippen molar-refractivity contribution in [3.8, 4) is 5.69 Å². The van der Waals surface area contributed by atoms with Crippen molar-refractivity contribution < 1.29 is 0 Å². The molecular formula is C24H28N6. The SMILES string of the molecule is Cc1cc2nc([C@]3(C)CCCN3c3c(-n4nccn4)ccc(C)c3C)[nH]c2cc1C. The van der Waals surface area contributed by atoms with Crippen molar-refractivity contribution in [1.29, 1.82) is 0 Å². The molecule has 0 radical (unpaired) electrons. The first kappa shape index (κ1) is 18.9. The molecule has 4 aromatic rings. The van der Waals surface area contributed by atoms with E-state index in [0.29, 0.717) is 0 Å². The molecule has 0 unspecified atom stereocenters. The van der Waals surface area contributed by atoms with Crippen LogP contribution in [0.3, 0.4) is 0 Å². The summed E-state index contributed by atoms with van der Waals surface area (Å²) in [6.07, 6.45) is 5.62. The zero-order chi connectivity index (χ0) is 21.0. The summed E-state index contributed by atoms with van der Waals surface area (Å²) in [7, 11) is 0. The maximum Gasteiger partial charge on any atom is 0.132 e. The third-order valence-corrected chi connectivity index (χ3v) is 6.83. The minimum absolute atomic E-state index is 0.221. The van der Waals surface area contributed by atoms with Crippen LogP contribution in [0.4, 0.5) is 5.69 Å². The number of aryl methyl sites for hydroxylation is 3. The van der Waals surface area contributed by atoms with Gasteiger partial charge in [0.25, 0.3) is 0 Å². The summed E-state index contributed by atoms with van der Waals surface area (Å²) in [5.74, 6) is 1.03. The number of imidazole rings is 1. The lowest BCUT2D eigenvalue weighted by Gasteiger charge is -2.37. The molecule has 2 aromatic carbocycles. The number of fused-ring (bicyclic) bond motifs is 1. The van der Waals surface area contributed by atoms with Gasteiger partial charge in [-0.25, -0.2) is 4.98 Å². The lowest BCUT2D eigenvalue weighted by Crippen LogP contribution is -2.40. The van der Waals surface area contributed by atoms with Gasteiger partial charge in [-0.15, -0.1) is 4.80 Å². The Bertz CT molecular complexity index is 1200. The molecule has 1 fully saturated rings. The highest BCUT2D eigenvalue weighted by molar-refractivity contribution is 5.78. The van der Waals surface area contributed by atoms with Crippen molar-refractivity contribution in [2.75, 3.05) is 11.4 Å². The Kier molecular flexibility index (Phi) is 4.20. The highest BCUT2D eigenvalue weighted by Crippen LogP contribution is 2.45. The lowest BCUT2D eigenvalue weighted by atomic mass is 9.95. The maximum atomic E-state index is 5.05. The number of aromatic nitrogens is 5. The molecule has 1 aliphatic heterocycles. The molecule has 154 valence electrons. The topological polar surface area (TPSA) is 62.6 Å². The van der Waals surface area contributed by atoms with E-state index in [1.54, 1.807) is 17.2 Å². The maximum absolute atomic E-state index is 5.05. The summed E-state index contributed by atoms with van der Waals surface area (Å²) in [4.78, 5) is 12.9. The van der Waals surface area contributed by atoms with Gasteiger partial charge in [-0.05, 0) is 87.9 Å². The van der Waals surface area contributed by atoms with Crippen LogP contribution in [0.5, 0.6) is 0 Å². The number of H-pyrrole nitrogens is 1. The van der Waals surface area contributed by atoms with E-state index < -0.39 is 0 Å². The van der Waals surface area contributed by atoms with Gasteiger partial charge in [0.2, 0.25) is 0 Å². The lowest BCUT2D eigenvalue weighted by molar-refractivity contribution is 0.465. The van der Waals surface area contributed by atoms with Crippen molar-refractivity contribution in [2.45, 2.75) is 53.0 Å². The van der Waals surface area contributed by atoms with Crippen LogP contribution in [-0.2, 0) is 5.54 Å². The zero-order valence-corrected chi connectivity index (χ0v) is 18.3. The average molecular weight is 401 g/mol. The van der Waals surface area contributed by atoms with Gasteiger partial charge in [-0.3, -0.25) is 0 Å². The Morgan fingerprint density at radius 2 is 1.70 bits per heavy atom. The molecular weight excluding hydrogens is 372 g/mol. The predicted octanol–water partition coefficient (Wildman–Crippen LogP) is 4.89. The zero-order valence-electron chi connectivity index (χ0n) is 18.3. The molecule has 0 saturated carbocycles. The first-order valence-electron chi connectivity index (χ1n) is 10.6. The molecule has 0 spiro atoms. The Labute approximate surface area is 176 Å². The third-order valence-electron chi connectivity index (χ3n) is 6.83. The molecule has 5 rings (SSSR count). The first-order chi connectivity index (χ1) is 14.4. The molecule has 2 aromatic heterocycles. The van der Waals surface area contributed by atoms with Crippen molar-refractivity contribution in [3.05, 3.63) is 64.7 Å². The number of benzene rings is 2.